The van der Waals surface area contributed by atoms with Gasteiger partial charge in [0.05, 0.1) is 17.1 Å². The number of para-hydroxylation sites is 2. The highest BCUT2D eigenvalue weighted by Gasteiger charge is 2.26. The summed E-state index contributed by atoms with van der Waals surface area (Å²) in [6.07, 6.45) is 1.74. The highest BCUT2D eigenvalue weighted by atomic mass is 16.2. The molecule has 0 bridgehead atoms. The van der Waals surface area contributed by atoms with Crippen molar-refractivity contribution in [1.82, 2.24) is 9.78 Å². The summed E-state index contributed by atoms with van der Waals surface area (Å²) in [7, 11) is 0. The lowest BCUT2D eigenvalue weighted by molar-refractivity contribution is -0.124. The van der Waals surface area contributed by atoms with Gasteiger partial charge in [0.1, 0.15) is 6.54 Å². The number of aryl methyl sites for hydroxylation is 1. The number of nitrogens with zero attached hydrogens (tertiary/aromatic N) is 3. The van der Waals surface area contributed by atoms with Crippen LogP contribution in [0.5, 0.6) is 0 Å². The van der Waals surface area contributed by atoms with Crippen molar-refractivity contribution in [1.29, 1.82) is 0 Å². The van der Waals surface area contributed by atoms with Gasteiger partial charge >= 0.3 is 0 Å². The van der Waals surface area contributed by atoms with Crippen LogP contribution in [-0.2, 0) is 14.4 Å². The first-order chi connectivity index (χ1) is 14.5. The summed E-state index contributed by atoms with van der Waals surface area (Å²) in [6.45, 7) is 1.89. The number of carbonyl (C=O) groups is 3. The van der Waals surface area contributed by atoms with Gasteiger partial charge in [-0.15, -0.1) is 0 Å². The van der Waals surface area contributed by atoms with E-state index < -0.39 is 0 Å². The van der Waals surface area contributed by atoms with Gasteiger partial charge in [-0.2, -0.15) is 5.10 Å². The summed E-state index contributed by atoms with van der Waals surface area (Å²) in [6, 6.07) is 16.4. The van der Waals surface area contributed by atoms with Gasteiger partial charge in [-0.3, -0.25) is 14.4 Å². The predicted molar refractivity (Wildman–Crippen MR) is 114 cm³/mol. The first kappa shape index (κ1) is 19.4. The van der Waals surface area contributed by atoms with Crippen LogP contribution in [0.3, 0.4) is 0 Å². The van der Waals surface area contributed by atoms with Crippen molar-refractivity contribution in [3.8, 4) is 5.69 Å². The number of nitrogens with one attached hydrogen (secondary N) is 2. The van der Waals surface area contributed by atoms with E-state index in [0.717, 1.165) is 11.4 Å². The van der Waals surface area contributed by atoms with E-state index in [9.17, 15) is 14.4 Å². The molecular formula is C22H21N5O3. The molecule has 0 saturated carbocycles. The number of aromatic nitrogens is 2. The lowest BCUT2D eigenvalue weighted by atomic mass is 10.1. The van der Waals surface area contributed by atoms with Crippen molar-refractivity contribution in [3.63, 3.8) is 0 Å². The molecule has 2 heterocycles. The van der Waals surface area contributed by atoms with Crippen molar-refractivity contribution < 1.29 is 14.4 Å². The maximum absolute atomic E-state index is 12.7. The maximum Gasteiger partial charge on any atom is 0.244 e. The van der Waals surface area contributed by atoms with Crippen molar-refractivity contribution in [2.24, 2.45) is 0 Å². The van der Waals surface area contributed by atoms with Crippen LogP contribution in [0.2, 0.25) is 0 Å². The number of fused-ring (bicyclic) bond motifs is 1. The minimum absolute atomic E-state index is 0.00536. The van der Waals surface area contributed by atoms with Crippen LogP contribution in [0.25, 0.3) is 5.69 Å². The number of amides is 3. The molecule has 8 nitrogen and oxygen atoms in total. The van der Waals surface area contributed by atoms with Crippen molar-refractivity contribution in [2.45, 2.75) is 19.8 Å². The zero-order valence-electron chi connectivity index (χ0n) is 16.5. The van der Waals surface area contributed by atoms with Gasteiger partial charge in [0.15, 0.2) is 0 Å². The second kappa shape index (κ2) is 8.20. The van der Waals surface area contributed by atoms with E-state index in [4.69, 9.17) is 0 Å². The molecule has 1 aromatic heterocycles. The van der Waals surface area contributed by atoms with Crippen LogP contribution in [-0.4, -0.2) is 34.0 Å². The average molecular weight is 403 g/mol. The molecule has 0 aliphatic carbocycles. The Morgan fingerprint density at radius 3 is 2.73 bits per heavy atom. The fraction of sp³-hybridized carbons (Fsp3) is 0.182. The Kier molecular flexibility index (Phi) is 5.30. The van der Waals surface area contributed by atoms with Gasteiger partial charge in [-0.25, -0.2) is 4.68 Å². The van der Waals surface area contributed by atoms with Gasteiger partial charge in [0.25, 0.3) is 0 Å². The van der Waals surface area contributed by atoms with E-state index in [1.165, 1.54) is 4.90 Å². The number of anilines is 3. The molecule has 30 heavy (non-hydrogen) atoms. The van der Waals surface area contributed by atoms with Crippen LogP contribution < -0.4 is 15.5 Å². The van der Waals surface area contributed by atoms with E-state index in [1.807, 2.05) is 31.2 Å². The lowest BCUT2D eigenvalue weighted by Gasteiger charge is -2.29. The number of rotatable bonds is 5. The lowest BCUT2D eigenvalue weighted by Crippen LogP contribution is -2.42. The number of benzene rings is 2. The fourth-order valence-electron chi connectivity index (χ4n) is 3.39. The molecule has 0 atom stereocenters. The molecule has 0 fully saturated rings. The van der Waals surface area contributed by atoms with Crippen LogP contribution >= 0.6 is 0 Å². The third kappa shape index (κ3) is 4.07. The molecule has 3 amide bonds. The molecule has 1 aliphatic rings. The Hall–Kier alpha value is -3.94. The Labute approximate surface area is 173 Å². The molecular weight excluding hydrogens is 382 g/mol. The molecule has 4 rings (SSSR count). The van der Waals surface area contributed by atoms with Crippen LogP contribution in [0.15, 0.2) is 60.8 Å². The quantitative estimate of drug-likeness (QED) is 0.685. The molecule has 8 heteroatoms. The monoisotopic (exact) mass is 403 g/mol. The van der Waals surface area contributed by atoms with E-state index >= 15 is 0 Å². The smallest absolute Gasteiger partial charge is 0.244 e. The molecule has 0 unspecified atom stereocenters. The molecule has 0 spiro atoms. The van der Waals surface area contributed by atoms with E-state index in [1.54, 1.807) is 41.2 Å². The summed E-state index contributed by atoms with van der Waals surface area (Å²) < 4.78 is 1.78. The summed E-state index contributed by atoms with van der Waals surface area (Å²) in [5.41, 5.74) is 3.68. The van der Waals surface area contributed by atoms with Crippen molar-refractivity contribution in [3.05, 3.63) is 66.5 Å². The zero-order valence-corrected chi connectivity index (χ0v) is 16.5. The second-order valence-electron chi connectivity index (χ2n) is 7.03. The Bertz CT molecular complexity index is 1120. The summed E-state index contributed by atoms with van der Waals surface area (Å²) in [4.78, 5) is 38.4. The Balaban J connectivity index is 1.38. The highest BCUT2D eigenvalue weighted by molar-refractivity contribution is 6.10. The second-order valence-corrected chi connectivity index (χ2v) is 7.03. The molecule has 2 N–H and O–H groups in total. The average Bonchev–Trinajstić information content (AvgIpc) is 3.17. The summed E-state index contributed by atoms with van der Waals surface area (Å²) >= 11 is 0. The third-order valence-electron chi connectivity index (χ3n) is 4.84. The van der Waals surface area contributed by atoms with Gasteiger partial charge in [0, 0.05) is 30.4 Å². The molecule has 1 aliphatic heterocycles. The third-order valence-corrected chi connectivity index (χ3v) is 4.84. The van der Waals surface area contributed by atoms with E-state index in [-0.39, 0.29) is 37.1 Å². The van der Waals surface area contributed by atoms with Crippen LogP contribution in [0.1, 0.15) is 18.5 Å². The van der Waals surface area contributed by atoms with Gasteiger partial charge in [0.2, 0.25) is 17.7 Å². The SMILES string of the molecule is Cc1ccnn1-c1cccc(NC(=O)CCC(=O)N2CC(=O)Nc3ccccc32)c1. The van der Waals surface area contributed by atoms with Crippen molar-refractivity contribution >= 4 is 34.8 Å². The first-order valence-corrected chi connectivity index (χ1v) is 9.61. The highest BCUT2D eigenvalue weighted by Crippen LogP contribution is 2.29. The molecule has 0 saturated heterocycles. The Morgan fingerprint density at radius 2 is 1.93 bits per heavy atom. The predicted octanol–water partition coefficient (Wildman–Crippen LogP) is 2.88. The van der Waals surface area contributed by atoms with Crippen LogP contribution in [0, 0.1) is 6.92 Å². The molecule has 2 aromatic carbocycles. The first-order valence-electron chi connectivity index (χ1n) is 9.61. The summed E-state index contributed by atoms with van der Waals surface area (Å²) in [5, 5.41) is 9.83. The van der Waals surface area contributed by atoms with E-state index in [0.29, 0.717) is 17.1 Å². The van der Waals surface area contributed by atoms with E-state index in [2.05, 4.69) is 15.7 Å². The molecule has 152 valence electrons. The largest absolute Gasteiger partial charge is 0.326 e. The Morgan fingerprint density at radius 1 is 1.10 bits per heavy atom. The molecule has 0 radical (unpaired) electrons. The maximum atomic E-state index is 12.7. The summed E-state index contributed by atoms with van der Waals surface area (Å²) in [5.74, 6) is -0.793. The van der Waals surface area contributed by atoms with Gasteiger partial charge in [-0.05, 0) is 43.3 Å². The van der Waals surface area contributed by atoms with Gasteiger partial charge in [-0.1, -0.05) is 18.2 Å². The van der Waals surface area contributed by atoms with Crippen LogP contribution in [0.4, 0.5) is 17.1 Å². The number of hydrogen-bond donors (Lipinski definition) is 2. The standard InChI is InChI=1S/C22H21N5O3/c1-15-11-12-23-27(15)17-6-4-5-16(13-17)24-20(28)9-10-22(30)26-14-21(29)25-18-7-2-3-8-19(18)26/h2-8,11-13H,9-10,14H2,1H3,(H,24,28)(H,25,29). The number of carbonyl (C=O) groups excluding carboxylic acids is 3. The molecule has 3 aromatic rings. The minimum Gasteiger partial charge on any atom is -0.326 e. The van der Waals surface area contributed by atoms with Gasteiger partial charge < -0.3 is 15.5 Å². The minimum atomic E-state index is -0.271. The fourth-order valence-corrected chi connectivity index (χ4v) is 3.39. The zero-order chi connectivity index (χ0) is 21.1. The number of hydrogen-bond acceptors (Lipinski definition) is 4. The topological polar surface area (TPSA) is 96.3 Å². The normalized spacial score (nSPS) is 12.8. The van der Waals surface area contributed by atoms with Crippen molar-refractivity contribution in [2.75, 3.05) is 22.1 Å².